The number of phenols is 1. The van der Waals surface area contributed by atoms with E-state index in [2.05, 4.69) is 21.2 Å². The SMILES string of the molecule is O=C(Nc1ccc(Cl)c(S(=O)(=O)c2ccc(Br)cc2)c1)c1cc(Cl)cc(Cl)c1O. The second kappa shape index (κ2) is 8.53. The first-order valence-electron chi connectivity index (χ1n) is 7.89. The predicted octanol–water partition coefficient (Wildman–Crippen LogP) is 6.20. The number of sulfone groups is 1. The van der Waals surface area contributed by atoms with E-state index < -0.39 is 21.5 Å². The van der Waals surface area contributed by atoms with Crippen molar-refractivity contribution in [1.82, 2.24) is 0 Å². The second-order valence-corrected chi connectivity index (χ2v) is 9.93. The third kappa shape index (κ3) is 4.70. The number of carbonyl (C=O) groups is 1. The molecule has 3 aromatic rings. The first-order valence-corrected chi connectivity index (χ1v) is 11.3. The van der Waals surface area contributed by atoms with Crippen molar-refractivity contribution in [3.63, 3.8) is 0 Å². The molecule has 0 fully saturated rings. The molecule has 0 aromatic heterocycles. The molecular formula is C19H11BrCl3NO4S. The molecular weight excluding hydrogens is 525 g/mol. The molecule has 0 radical (unpaired) electrons. The number of hydrogen-bond acceptors (Lipinski definition) is 4. The van der Waals surface area contributed by atoms with Crippen molar-refractivity contribution in [3.05, 3.63) is 79.7 Å². The zero-order chi connectivity index (χ0) is 21.3. The van der Waals surface area contributed by atoms with Crippen molar-refractivity contribution in [3.8, 4) is 5.75 Å². The highest BCUT2D eigenvalue weighted by Gasteiger charge is 2.22. The highest BCUT2D eigenvalue weighted by molar-refractivity contribution is 9.10. The van der Waals surface area contributed by atoms with Crippen LogP contribution >= 0.6 is 50.7 Å². The first kappa shape index (κ1) is 21.9. The molecule has 0 unspecified atom stereocenters. The Morgan fingerprint density at radius 1 is 0.931 bits per heavy atom. The van der Waals surface area contributed by atoms with E-state index in [0.717, 1.165) is 4.47 Å². The number of rotatable bonds is 4. The maximum Gasteiger partial charge on any atom is 0.259 e. The van der Waals surface area contributed by atoms with Crippen LogP contribution in [-0.4, -0.2) is 19.4 Å². The van der Waals surface area contributed by atoms with Crippen LogP contribution in [0.3, 0.4) is 0 Å². The summed E-state index contributed by atoms with van der Waals surface area (Å²) >= 11 is 21.1. The Morgan fingerprint density at radius 2 is 1.59 bits per heavy atom. The van der Waals surface area contributed by atoms with Crippen molar-refractivity contribution in [2.75, 3.05) is 5.32 Å². The van der Waals surface area contributed by atoms with Gasteiger partial charge in [-0.3, -0.25) is 4.79 Å². The molecule has 0 aliphatic rings. The summed E-state index contributed by atoms with van der Waals surface area (Å²) in [5.41, 5.74) is 0.000325. The molecule has 1 amide bonds. The standard InChI is InChI=1S/C19H11BrCl3NO4S/c20-10-1-4-13(5-2-10)29(27,28)17-9-12(3-6-15(17)22)24-19(26)14-7-11(21)8-16(23)18(14)25/h1-9,25H,(H,24,26). The van der Waals surface area contributed by atoms with Crippen LogP contribution in [0.5, 0.6) is 5.75 Å². The van der Waals surface area contributed by atoms with Crippen molar-refractivity contribution in [2.24, 2.45) is 0 Å². The van der Waals surface area contributed by atoms with Crippen LogP contribution in [0.2, 0.25) is 15.1 Å². The minimum atomic E-state index is -3.93. The number of anilines is 1. The molecule has 0 aliphatic heterocycles. The van der Waals surface area contributed by atoms with E-state index >= 15 is 0 Å². The van der Waals surface area contributed by atoms with Gasteiger partial charge in [-0.1, -0.05) is 50.7 Å². The van der Waals surface area contributed by atoms with Crippen molar-refractivity contribution in [2.45, 2.75) is 9.79 Å². The maximum atomic E-state index is 12.9. The lowest BCUT2D eigenvalue weighted by atomic mass is 10.2. The predicted molar refractivity (Wildman–Crippen MR) is 117 cm³/mol. The van der Waals surface area contributed by atoms with Crippen molar-refractivity contribution < 1.29 is 18.3 Å². The highest BCUT2D eigenvalue weighted by atomic mass is 79.9. The van der Waals surface area contributed by atoms with Gasteiger partial charge in [0.2, 0.25) is 9.84 Å². The number of amides is 1. The summed E-state index contributed by atoms with van der Waals surface area (Å²) in [5.74, 6) is -1.16. The Bertz CT molecular complexity index is 1210. The molecule has 5 nitrogen and oxygen atoms in total. The fourth-order valence-electron chi connectivity index (χ4n) is 2.47. The molecule has 150 valence electrons. The minimum Gasteiger partial charge on any atom is -0.506 e. The molecule has 0 bridgehead atoms. The van der Waals surface area contributed by atoms with Gasteiger partial charge in [0.05, 0.1) is 25.4 Å². The van der Waals surface area contributed by atoms with E-state index in [1.54, 1.807) is 12.1 Å². The number of carbonyl (C=O) groups excluding carboxylic acids is 1. The Labute approximate surface area is 190 Å². The van der Waals surface area contributed by atoms with E-state index in [4.69, 9.17) is 34.8 Å². The van der Waals surface area contributed by atoms with Crippen LogP contribution in [0.4, 0.5) is 5.69 Å². The molecule has 0 atom stereocenters. The quantitative estimate of drug-likeness (QED) is 0.417. The summed E-state index contributed by atoms with van der Waals surface area (Å²) in [7, 11) is -3.93. The number of aromatic hydroxyl groups is 1. The van der Waals surface area contributed by atoms with E-state index in [0.29, 0.717) is 0 Å². The molecule has 0 spiro atoms. The summed E-state index contributed by atoms with van der Waals surface area (Å²) in [6.45, 7) is 0. The Hall–Kier alpha value is -1.77. The smallest absolute Gasteiger partial charge is 0.259 e. The summed E-state index contributed by atoms with van der Waals surface area (Å²) in [6.07, 6.45) is 0. The van der Waals surface area contributed by atoms with E-state index in [9.17, 15) is 18.3 Å². The molecule has 29 heavy (non-hydrogen) atoms. The van der Waals surface area contributed by atoms with Gasteiger partial charge in [0, 0.05) is 15.2 Å². The fourth-order valence-corrected chi connectivity index (χ4v) is 5.00. The zero-order valence-corrected chi connectivity index (χ0v) is 19.0. The van der Waals surface area contributed by atoms with Gasteiger partial charge in [0.25, 0.3) is 5.91 Å². The van der Waals surface area contributed by atoms with E-state index in [1.165, 1.54) is 42.5 Å². The molecule has 0 saturated carbocycles. The normalized spacial score (nSPS) is 11.3. The maximum absolute atomic E-state index is 12.9. The van der Waals surface area contributed by atoms with E-state index in [1.807, 2.05) is 0 Å². The Balaban J connectivity index is 1.98. The van der Waals surface area contributed by atoms with Crippen LogP contribution in [0.25, 0.3) is 0 Å². The third-order valence-corrected chi connectivity index (χ3v) is 7.16. The number of nitrogens with one attached hydrogen (secondary N) is 1. The number of hydrogen-bond donors (Lipinski definition) is 2. The highest BCUT2D eigenvalue weighted by Crippen LogP contribution is 2.33. The zero-order valence-electron chi connectivity index (χ0n) is 14.3. The topological polar surface area (TPSA) is 83.5 Å². The number of halogens is 4. The van der Waals surface area contributed by atoms with Crippen molar-refractivity contribution >= 4 is 72.2 Å². The van der Waals surface area contributed by atoms with Crippen LogP contribution < -0.4 is 5.32 Å². The van der Waals surface area contributed by atoms with Gasteiger partial charge >= 0.3 is 0 Å². The van der Waals surface area contributed by atoms with Gasteiger partial charge in [-0.25, -0.2) is 8.42 Å². The van der Waals surface area contributed by atoms with Crippen LogP contribution in [0.1, 0.15) is 10.4 Å². The molecule has 2 N–H and O–H groups in total. The molecule has 3 aromatic carbocycles. The van der Waals surface area contributed by atoms with Crippen LogP contribution in [0, 0.1) is 0 Å². The average Bonchev–Trinajstić information content (AvgIpc) is 2.66. The largest absolute Gasteiger partial charge is 0.506 e. The monoisotopic (exact) mass is 533 g/mol. The van der Waals surface area contributed by atoms with Gasteiger partial charge < -0.3 is 10.4 Å². The summed E-state index contributed by atoms with van der Waals surface area (Å²) in [6, 6.07) is 12.6. The van der Waals surface area contributed by atoms with Crippen LogP contribution in [-0.2, 0) is 9.84 Å². The van der Waals surface area contributed by atoms with Gasteiger partial charge in [0.1, 0.15) is 5.75 Å². The summed E-state index contributed by atoms with van der Waals surface area (Å²) < 4.78 is 26.6. The molecule has 10 heteroatoms. The number of benzene rings is 3. The van der Waals surface area contributed by atoms with Crippen LogP contribution in [0.15, 0.2) is 68.9 Å². The van der Waals surface area contributed by atoms with Gasteiger partial charge in [-0.05, 0) is 54.6 Å². The third-order valence-electron chi connectivity index (χ3n) is 3.88. The minimum absolute atomic E-state index is 0.000403. The van der Waals surface area contributed by atoms with Gasteiger partial charge in [-0.15, -0.1) is 0 Å². The average molecular weight is 536 g/mol. The molecule has 0 heterocycles. The van der Waals surface area contributed by atoms with E-state index in [-0.39, 0.29) is 36.1 Å². The Kier molecular flexibility index (Phi) is 6.45. The van der Waals surface area contributed by atoms with Crippen molar-refractivity contribution in [1.29, 1.82) is 0 Å². The van der Waals surface area contributed by atoms with Gasteiger partial charge in [0.15, 0.2) is 0 Å². The number of phenolic OH excluding ortho intramolecular Hbond substituents is 1. The molecule has 0 saturated heterocycles. The second-order valence-electron chi connectivity index (χ2n) is 5.84. The first-order chi connectivity index (χ1) is 13.6. The molecule has 3 rings (SSSR count). The molecule has 0 aliphatic carbocycles. The fraction of sp³-hybridized carbons (Fsp3) is 0. The Morgan fingerprint density at radius 3 is 2.24 bits per heavy atom. The summed E-state index contributed by atoms with van der Waals surface area (Å²) in [5, 5.41) is 12.6. The lowest BCUT2D eigenvalue weighted by Crippen LogP contribution is -2.13. The lowest BCUT2D eigenvalue weighted by molar-refractivity contribution is 0.102. The lowest BCUT2D eigenvalue weighted by Gasteiger charge is -2.12. The van der Waals surface area contributed by atoms with Gasteiger partial charge in [-0.2, -0.15) is 0 Å². The summed E-state index contributed by atoms with van der Waals surface area (Å²) in [4.78, 5) is 12.4.